The lowest BCUT2D eigenvalue weighted by Crippen LogP contribution is -2.36. The first kappa shape index (κ1) is 18.5. The van der Waals surface area contributed by atoms with E-state index in [1.807, 2.05) is 18.5 Å². The smallest absolute Gasteiger partial charge is 0.188 e. The predicted octanol–water partition coefficient (Wildman–Crippen LogP) is 1.86. The summed E-state index contributed by atoms with van der Waals surface area (Å²) in [6.45, 7) is 6.86. The number of benzene rings is 1. The summed E-state index contributed by atoms with van der Waals surface area (Å²) in [7, 11) is 0. The normalized spacial score (nSPS) is 18.3. The van der Waals surface area contributed by atoms with Crippen molar-refractivity contribution in [2.45, 2.75) is 38.8 Å². The predicted molar refractivity (Wildman–Crippen MR) is 106 cm³/mol. The highest BCUT2D eigenvalue weighted by atomic mass is 15.2. The lowest BCUT2D eigenvalue weighted by molar-refractivity contribution is 0.273. The molecule has 1 aliphatic rings. The van der Waals surface area contributed by atoms with Crippen LogP contribution < -0.4 is 11.1 Å². The van der Waals surface area contributed by atoms with Crippen molar-refractivity contribution in [1.29, 1.82) is 0 Å². The Morgan fingerprint density at radius 2 is 2.19 bits per heavy atom. The lowest BCUT2D eigenvalue weighted by atomic mass is 10.2. The second kappa shape index (κ2) is 9.38. The quantitative estimate of drug-likeness (QED) is 0.561. The molecule has 1 fully saturated rings. The fourth-order valence-corrected chi connectivity index (χ4v) is 3.57. The van der Waals surface area contributed by atoms with Crippen LogP contribution in [0.15, 0.2) is 47.7 Å². The number of imidazole rings is 1. The minimum absolute atomic E-state index is 0.536. The van der Waals surface area contributed by atoms with Crippen molar-refractivity contribution in [2.24, 2.45) is 10.7 Å². The van der Waals surface area contributed by atoms with Crippen LogP contribution >= 0.6 is 0 Å². The first-order valence-electron chi connectivity index (χ1n) is 9.58. The highest BCUT2D eigenvalue weighted by Gasteiger charge is 2.22. The van der Waals surface area contributed by atoms with Gasteiger partial charge in [-0.1, -0.05) is 37.3 Å². The van der Waals surface area contributed by atoms with Gasteiger partial charge < -0.3 is 15.6 Å². The van der Waals surface area contributed by atoms with Crippen LogP contribution in [0.4, 0.5) is 0 Å². The largest absolute Gasteiger partial charge is 0.370 e. The van der Waals surface area contributed by atoms with Crippen LogP contribution in [0.25, 0.3) is 0 Å². The molecule has 0 bridgehead atoms. The number of aromatic nitrogens is 2. The molecule has 6 heteroatoms. The van der Waals surface area contributed by atoms with Crippen molar-refractivity contribution in [1.82, 2.24) is 19.8 Å². The average Bonchev–Trinajstić information content (AvgIpc) is 3.30. The van der Waals surface area contributed by atoms with Crippen LogP contribution in [0.5, 0.6) is 0 Å². The Kier molecular flexibility index (Phi) is 6.66. The van der Waals surface area contributed by atoms with Gasteiger partial charge in [-0.05, 0) is 31.5 Å². The van der Waals surface area contributed by atoms with Gasteiger partial charge in [-0.25, -0.2) is 4.98 Å². The number of guanidine groups is 1. The van der Waals surface area contributed by atoms with Crippen LogP contribution in [0, 0.1) is 0 Å². The number of hydrogen-bond donors (Lipinski definition) is 2. The van der Waals surface area contributed by atoms with Crippen molar-refractivity contribution in [3.8, 4) is 0 Å². The van der Waals surface area contributed by atoms with E-state index in [4.69, 9.17) is 5.73 Å². The summed E-state index contributed by atoms with van der Waals surface area (Å²) in [6.07, 6.45) is 7.20. The molecule has 1 atom stereocenters. The molecule has 0 aliphatic carbocycles. The van der Waals surface area contributed by atoms with Gasteiger partial charge in [-0.15, -0.1) is 0 Å². The van der Waals surface area contributed by atoms with E-state index in [-0.39, 0.29) is 0 Å². The molecule has 1 unspecified atom stereocenters. The summed E-state index contributed by atoms with van der Waals surface area (Å²) < 4.78 is 2.18. The van der Waals surface area contributed by atoms with E-state index < -0.39 is 0 Å². The average molecular weight is 355 g/mol. The van der Waals surface area contributed by atoms with Gasteiger partial charge in [0.15, 0.2) is 5.96 Å². The third-order valence-corrected chi connectivity index (χ3v) is 5.03. The molecule has 6 nitrogen and oxygen atoms in total. The highest BCUT2D eigenvalue weighted by Crippen LogP contribution is 2.16. The number of likely N-dealkylation sites (tertiary alicyclic amines) is 1. The molecule has 26 heavy (non-hydrogen) atoms. The summed E-state index contributed by atoms with van der Waals surface area (Å²) in [5.74, 6) is 1.59. The van der Waals surface area contributed by atoms with Crippen LogP contribution in [0.1, 0.15) is 31.2 Å². The first-order chi connectivity index (χ1) is 12.8. The maximum atomic E-state index is 6.03. The van der Waals surface area contributed by atoms with Gasteiger partial charge in [-0.2, -0.15) is 0 Å². The molecule has 2 heterocycles. The van der Waals surface area contributed by atoms with Gasteiger partial charge >= 0.3 is 0 Å². The zero-order valence-electron chi connectivity index (χ0n) is 15.6. The number of rotatable bonds is 8. The maximum Gasteiger partial charge on any atom is 0.188 e. The molecule has 1 saturated heterocycles. The summed E-state index contributed by atoms with van der Waals surface area (Å²) in [5.41, 5.74) is 7.31. The molecular formula is C20H30N6. The van der Waals surface area contributed by atoms with Gasteiger partial charge in [0, 0.05) is 37.9 Å². The first-order valence-corrected chi connectivity index (χ1v) is 9.58. The lowest BCUT2D eigenvalue weighted by Gasteiger charge is -2.20. The zero-order valence-corrected chi connectivity index (χ0v) is 15.6. The van der Waals surface area contributed by atoms with E-state index in [2.05, 4.69) is 55.9 Å². The highest BCUT2D eigenvalue weighted by molar-refractivity contribution is 5.77. The molecule has 0 saturated carbocycles. The Hall–Kier alpha value is -2.34. The van der Waals surface area contributed by atoms with E-state index in [9.17, 15) is 0 Å². The number of likely N-dealkylation sites (N-methyl/N-ethyl adjacent to an activating group) is 1. The fraction of sp³-hybridized carbons (Fsp3) is 0.500. The molecule has 0 spiro atoms. The minimum atomic E-state index is 0.536. The molecule has 3 N–H and O–H groups in total. The molecule has 0 radical (unpaired) electrons. The second-order valence-corrected chi connectivity index (χ2v) is 6.78. The van der Waals surface area contributed by atoms with Crippen LogP contribution in [-0.2, 0) is 13.0 Å². The monoisotopic (exact) mass is 354 g/mol. The van der Waals surface area contributed by atoms with Crippen LogP contribution in [0.2, 0.25) is 0 Å². The molecule has 140 valence electrons. The standard InChI is InChI=1S/C20H30N6/c1-2-25-13-6-9-18(25)15-24-20(21)23-11-10-19-22-12-14-26(19)16-17-7-4-3-5-8-17/h3-5,7-8,12,14,18H,2,6,9-11,13,15-16H2,1H3,(H3,21,23,24). The van der Waals surface area contributed by atoms with E-state index in [1.54, 1.807) is 0 Å². The number of nitrogens with two attached hydrogens (primary N) is 1. The molecular weight excluding hydrogens is 324 g/mol. The van der Waals surface area contributed by atoms with E-state index in [0.717, 1.165) is 38.4 Å². The summed E-state index contributed by atoms with van der Waals surface area (Å²) >= 11 is 0. The molecule has 1 aromatic heterocycles. The van der Waals surface area contributed by atoms with Crippen molar-refractivity contribution < 1.29 is 0 Å². The van der Waals surface area contributed by atoms with Crippen LogP contribution in [-0.4, -0.2) is 52.6 Å². The fourth-order valence-electron chi connectivity index (χ4n) is 3.57. The Morgan fingerprint density at radius 1 is 1.35 bits per heavy atom. The van der Waals surface area contributed by atoms with E-state index in [1.165, 1.54) is 24.9 Å². The Labute approximate surface area is 156 Å². The third kappa shape index (κ3) is 5.08. The molecule has 1 aliphatic heterocycles. The minimum Gasteiger partial charge on any atom is -0.370 e. The van der Waals surface area contributed by atoms with Crippen LogP contribution in [0.3, 0.4) is 0 Å². The van der Waals surface area contributed by atoms with E-state index >= 15 is 0 Å². The Balaban J connectivity index is 1.45. The topological polar surface area (TPSA) is 71.5 Å². The van der Waals surface area contributed by atoms with Gasteiger partial charge in [0.05, 0.1) is 6.54 Å². The molecule has 3 rings (SSSR count). The SMILES string of the molecule is CCN1CCCC1CN=C(N)NCCc1nccn1Cc1ccccc1. The number of nitrogens with one attached hydrogen (secondary N) is 1. The van der Waals surface area contributed by atoms with Crippen molar-refractivity contribution in [3.63, 3.8) is 0 Å². The Bertz CT molecular complexity index is 693. The zero-order chi connectivity index (χ0) is 18.2. The summed E-state index contributed by atoms with van der Waals surface area (Å²) in [4.78, 5) is 11.5. The van der Waals surface area contributed by atoms with Crippen molar-refractivity contribution in [3.05, 3.63) is 54.1 Å². The number of aliphatic imine (C=N–C) groups is 1. The molecule has 1 aromatic carbocycles. The van der Waals surface area contributed by atoms with Gasteiger partial charge in [0.2, 0.25) is 0 Å². The van der Waals surface area contributed by atoms with Gasteiger partial charge in [-0.3, -0.25) is 9.89 Å². The maximum absolute atomic E-state index is 6.03. The number of nitrogens with zero attached hydrogens (tertiary/aromatic N) is 4. The van der Waals surface area contributed by atoms with Gasteiger partial charge in [0.1, 0.15) is 5.82 Å². The Morgan fingerprint density at radius 3 is 3.00 bits per heavy atom. The van der Waals surface area contributed by atoms with Crippen molar-refractivity contribution in [2.75, 3.05) is 26.2 Å². The molecule has 0 amide bonds. The van der Waals surface area contributed by atoms with Crippen molar-refractivity contribution >= 4 is 5.96 Å². The summed E-state index contributed by atoms with van der Waals surface area (Å²) in [5, 5.41) is 3.22. The number of hydrogen-bond acceptors (Lipinski definition) is 3. The van der Waals surface area contributed by atoms with E-state index in [0.29, 0.717) is 12.0 Å². The summed E-state index contributed by atoms with van der Waals surface area (Å²) in [6, 6.07) is 11.0. The third-order valence-electron chi connectivity index (χ3n) is 5.03. The van der Waals surface area contributed by atoms with Gasteiger partial charge in [0.25, 0.3) is 0 Å². The molecule has 2 aromatic rings. The second-order valence-electron chi connectivity index (χ2n) is 6.78.